The molecule has 0 N–H and O–H groups in total. The molecule has 0 saturated heterocycles. The van der Waals surface area contributed by atoms with Gasteiger partial charge in [-0.2, -0.15) is 35.1 Å². The van der Waals surface area contributed by atoms with Gasteiger partial charge in [0.05, 0.1) is 0 Å². The van der Waals surface area contributed by atoms with Gasteiger partial charge in [0.2, 0.25) is 0 Å². The van der Waals surface area contributed by atoms with Gasteiger partial charge in [0.1, 0.15) is 0 Å². The molecule has 0 nitrogen and oxygen atoms in total. The van der Waals surface area contributed by atoms with Crippen LogP contribution in [0.25, 0.3) is 0 Å². The zero-order valence-corrected chi connectivity index (χ0v) is 16.1. The molecule has 26 heavy (non-hydrogen) atoms. The van der Waals surface area contributed by atoms with Crippen molar-refractivity contribution in [2.45, 2.75) is 42.3 Å². The topological polar surface area (TPSA) is 0 Å². The van der Waals surface area contributed by atoms with E-state index >= 15 is 0 Å². The van der Waals surface area contributed by atoms with E-state index in [1.54, 1.807) is 0 Å². The summed E-state index contributed by atoms with van der Waals surface area (Å²) < 4.78 is 143. The maximum absolute atomic E-state index is 13.8. The maximum atomic E-state index is 13.8. The van der Waals surface area contributed by atoms with Crippen LogP contribution < -0.4 is 0 Å². The first-order chi connectivity index (χ1) is 10.8. The Bertz CT molecular complexity index is 486. The molecule has 158 valence electrons. The second kappa shape index (κ2) is 6.91. The minimum absolute atomic E-state index is 3.81. The molecule has 0 radical (unpaired) electrons. The number of halogens is 18. The quantitative estimate of drug-likeness (QED) is 0.233. The molecule has 0 aliphatic rings. The first kappa shape index (κ1) is 27.3. The molecular formula is C8Cl7F11. The fourth-order valence-corrected chi connectivity index (χ4v) is 2.56. The summed E-state index contributed by atoms with van der Waals surface area (Å²) in [4.78, 5) is 0. The zero-order valence-electron chi connectivity index (χ0n) is 10.8. The Labute approximate surface area is 171 Å². The Balaban J connectivity index is 6.61. The highest BCUT2D eigenvalue weighted by molar-refractivity contribution is 6.68. The van der Waals surface area contributed by atoms with Crippen LogP contribution in [0.4, 0.5) is 48.3 Å². The number of hydrogen-bond donors (Lipinski definition) is 0. The van der Waals surface area contributed by atoms with E-state index < -0.39 is 42.3 Å². The number of hydrogen-bond acceptors (Lipinski definition) is 0. The lowest BCUT2D eigenvalue weighted by Crippen LogP contribution is -2.72. The van der Waals surface area contributed by atoms with Crippen molar-refractivity contribution >= 4 is 81.2 Å². The van der Waals surface area contributed by atoms with Crippen LogP contribution in [-0.4, -0.2) is 42.3 Å². The van der Waals surface area contributed by atoms with Crippen LogP contribution in [0.1, 0.15) is 0 Å². The lowest BCUT2D eigenvalue weighted by Gasteiger charge is -2.45. The Kier molecular flexibility index (Phi) is 7.24. The smallest absolute Gasteiger partial charge is 0.212 e. The number of rotatable bonds is 6. The third kappa shape index (κ3) is 3.60. The first-order valence-electron chi connectivity index (χ1n) is 5.15. The average Bonchev–Trinajstić information content (AvgIpc) is 2.34. The van der Waals surface area contributed by atoms with Crippen LogP contribution in [0.5, 0.6) is 0 Å². The normalized spacial score (nSPS) is 22.4. The summed E-state index contributed by atoms with van der Waals surface area (Å²) in [5.74, 6) is -20.4. The maximum Gasteiger partial charge on any atom is 0.375 e. The van der Waals surface area contributed by atoms with E-state index in [9.17, 15) is 48.3 Å². The van der Waals surface area contributed by atoms with Gasteiger partial charge in [-0.05, 0) is 11.6 Å². The molecule has 18 heteroatoms. The number of alkyl halides is 18. The standard InChI is InChI=1S/C8Cl7F11/c9-1(16,5(21,22)3(11,18)8(15,25)26)4(19,20)2(10,17)6(23,24)7(12,13)14. The molecular weight excluding hydrogens is 553 g/mol. The lowest BCUT2D eigenvalue weighted by molar-refractivity contribution is -0.306. The summed E-state index contributed by atoms with van der Waals surface area (Å²) >= 11 is 29.3. The Morgan fingerprint density at radius 2 is 0.577 bits per heavy atom. The second-order valence-electron chi connectivity index (χ2n) is 4.44. The first-order valence-corrected chi connectivity index (χ1v) is 7.80. The monoisotopic (exact) mass is 550 g/mol. The fraction of sp³-hybridized carbons (Fsp3) is 1.00. The molecule has 0 saturated carbocycles. The van der Waals surface area contributed by atoms with Gasteiger partial charge in [-0.1, -0.05) is 69.6 Å². The van der Waals surface area contributed by atoms with Crippen LogP contribution in [0, 0.1) is 0 Å². The summed E-state index contributed by atoms with van der Waals surface area (Å²) in [6.07, 6.45) is 0. The summed E-state index contributed by atoms with van der Waals surface area (Å²) in [6.45, 7) is 0. The van der Waals surface area contributed by atoms with Crippen molar-refractivity contribution in [3.8, 4) is 0 Å². The Morgan fingerprint density at radius 1 is 0.346 bits per heavy atom. The van der Waals surface area contributed by atoms with Crippen LogP contribution in [-0.2, 0) is 0 Å². The largest absolute Gasteiger partial charge is 0.375 e. The van der Waals surface area contributed by atoms with Crippen LogP contribution >= 0.6 is 81.2 Å². The Hall–Kier alpha value is 1.26. The molecule has 0 rings (SSSR count). The van der Waals surface area contributed by atoms with Gasteiger partial charge in [0.15, 0.2) is 0 Å². The van der Waals surface area contributed by atoms with E-state index in [4.69, 9.17) is 0 Å². The molecule has 0 fully saturated rings. The molecule has 0 spiro atoms. The minimum Gasteiger partial charge on any atom is -0.212 e. The van der Waals surface area contributed by atoms with E-state index in [0.29, 0.717) is 0 Å². The highest BCUT2D eigenvalue weighted by Crippen LogP contribution is 2.66. The molecule has 0 aromatic carbocycles. The van der Waals surface area contributed by atoms with Gasteiger partial charge < -0.3 is 0 Å². The summed E-state index contributed by atoms with van der Waals surface area (Å²) in [6, 6.07) is 0. The third-order valence-electron chi connectivity index (χ3n) is 2.68. The van der Waals surface area contributed by atoms with Crippen LogP contribution in [0.15, 0.2) is 0 Å². The SMILES string of the molecule is FC(F)(Cl)C(F)(Cl)C(F)(F)C(F)(Cl)C(F)(F)C(F)(Cl)C(F)(F)C(Cl)(Cl)Cl. The van der Waals surface area contributed by atoms with Crippen molar-refractivity contribution in [2.24, 2.45) is 0 Å². The van der Waals surface area contributed by atoms with Gasteiger partial charge in [-0.15, -0.1) is 0 Å². The van der Waals surface area contributed by atoms with Gasteiger partial charge >= 0.3 is 38.5 Å². The van der Waals surface area contributed by atoms with Crippen molar-refractivity contribution in [3.05, 3.63) is 0 Å². The van der Waals surface area contributed by atoms with E-state index in [2.05, 4.69) is 81.2 Å². The molecule has 0 heterocycles. The highest BCUT2D eigenvalue weighted by Gasteiger charge is 2.91. The van der Waals surface area contributed by atoms with Crippen molar-refractivity contribution in [3.63, 3.8) is 0 Å². The molecule has 0 amide bonds. The van der Waals surface area contributed by atoms with E-state index in [1.807, 2.05) is 0 Å². The molecule has 0 aromatic rings. The highest BCUT2D eigenvalue weighted by atomic mass is 35.6. The summed E-state index contributed by atoms with van der Waals surface area (Å²) in [7, 11) is 0. The van der Waals surface area contributed by atoms with Gasteiger partial charge in [0.25, 0.3) is 3.79 Å². The Morgan fingerprint density at radius 3 is 0.808 bits per heavy atom. The summed E-state index contributed by atoms with van der Waals surface area (Å²) in [5.41, 5.74) is 0. The van der Waals surface area contributed by atoms with Gasteiger partial charge in [0, 0.05) is 0 Å². The van der Waals surface area contributed by atoms with Crippen molar-refractivity contribution in [1.82, 2.24) is 0 Å². The second-order valence-corrected chi connectivity index (χ2v) is 8.76. The van der Waals surface area contributed by atoms with Gasteiger partial charge in [-0.3, -0.25) is 0 Å². The lowest BCUT2D eigenvalue weighted by atomic mass is 9.95. The van der Waals surface area contributed by atoms with Crippen LogP contribution in [0.2, 0.25) is 0 Å². The third-order valence-corrected chi connectivity index (χ3v) is 5.18. The molecule has 0 bridgehead atoms. The van der Waals surface area contributed by atoms with Gasteiger partial charge in [-0.25, -0.2) is 13.2 Å². The van der Waals surface area contributed by atoms with E-state index in [1.165, 1.54) is 0 Å². The fourth-order valence-electron chi connectivity index (χ4n) is 1.14. The predicted molar refractivity (Wildman–Crippen MR) is 75.0 cm³/mol. The molecule has 3 atom stereocenters. The average molecular weight is 553 g/mol. The van der Waals surface area contributed by atoms with E-state index in [0.717, 1.165) is 0 Å². The summed E-state index contributed by atoms with van der Waals surface area (Å²) in [5, 5.41) is -25.5. The molecule has 0 aliphatic heterocycles. The molecule has 0 aromatic heterocycles. The minimum atomic E-state index is -7.13. The van der Waals surface area contributed by atoms with Crippen molar-refractivity contribution in [1.29, 1.82) is 0 Å². The zero-order chi connectivity index (χ0) is 22.0. The molecule has 3 unspecified atom stereocenters. The predicted octanol–water partition coefficient (Wildman–Crippen LogP) is 7.81. The van der Waals surface area contributed by atoms with Crippen molar-refractivity contribution < 1.29 is 48.3 Å². The molecule has 0 aliphatic carbocycles. The van der Waals surface area contributed by atoms with Crippen molar-refractivity contribution in [2.75, 3.05) is 0 Å². The van der Waals surface area contributed by atoms with E-state index in [-0.39, 0.29) is 0 Å². The van der Waals surface area contributed by atoms with Crippen LogP contribution in [0.3, 0.4) is 0 Å².